The number of nitrogens with zero attached hydrogens (tertiary/aromatic N) is 1. The van der Waals surface area contributed by atoms with Crippen LogP contribution in [0.1, 0.15) is 0 Å². The Morgan fingerprint density at radius 2 is 1.67 bits per heavy atom. The van der Waals surface area contributed by atoms with Gasteiger partial charge in [0.05, 0.1) is 4.92 Å². The number of nitro groups is 1. The summed E-state index contributed by atoms with van der Waals surface area (Å²) < 4.78 is 59.8. The SMILES string of the molecule is FC1OC(F)(F)C1(F)F.O=[N+]([O-])c1ccccc1. The van der Waals surface area contributed by atoms with Crippen molar-refractivity contribution in [3.05, 3.63) is 40.4 Å². The third-order valence-corrected chi connectivity index (χ3v) is 1.89. The van der Waals surface area contributed by atoms with Gasteiger partial charge in [0.2, 0.25) is 0 Å². The number of rotatable bonds is 1. The van der Waals surface area contributed by atoms with E-state index in [-0.39, 0.29) is 5.69 Å². The zero-order chi connectivity index (χ0) is 14.0. The van der Waals surface area contributed by atoms with Crippen molar-refractivity contribution in [2.75, 3.05) is 0 Å². The van der Waals surface area contributed by atoms with Gasteiger partial charge in [0, 0.05) is 12.1 Å². The quantitative estimate of drug-likeness (QED) is 0.448. The number of hydrogen-bond donors (Lipinski definition) is 0. The van der Waals surface area contributed by atoms with Crippen LogP contribution < -0.4 is 0 Å². The van der Waals surface area contributed by atoms with Gasteiger partial charge in [-0.25, -0.2) is 4.39 Å². The molecule has 0 radical (unpaired) electrons. The summed E-state index contributed by atoms with van der Waals surface area (Å²) in [5.74, 6) is -4.65. The highest BCUT2D eigenvalue weighted by atomic mass is 19.3. The zero-order valence-electron chi connectivity index (χ0n) is 8.53. The van der Waals surface area contributed by atoms with E-state index < -0.39 is 23.3 Å². The Morgan fingerprint density at radius 1 is 1.17 bits per heavy atom. The first kappa shape index (κ1) is 14.3. The maximum Gasteiger partial charge on any atom is 0.427 e. The molecule has 1 unspecified atom stereocenters. The van der Waals surface area contributed by atoms with Crippen LogP contribution in [-0.2, 0) is 4.74 Å². The Bertz CT molecular complexity index is 425. The Morgan fingerprint density at radius 3 is 1.83 bits per heavy atom. The van der Waals surface area contributed by atoms with Crippen LogP contribution in [0.25, 0.3) is 0 Å². The van der Waals surface area contributed by atoms with Crippen molar-refractivity contribution < 1.29 is 31.6 Å². The van der Waals surface area contributed by atoms with Gasteiger partial charge in [-0.1, -0.05) is 18.2 Å². The first-order valence-electron chi connectivity index (χ1n) is 4.45. The lowest BCUT2D eigenvalue weighted by molar-refractivity contribution is -0.502. The molecule has 2 rings (SSSR count). The van der Waals surface area contributed by atoms with Gasteiger partial charge in [0.25, 0.3) is 12.0 Å². The molecule has 0 aliphatic carbocycles. The van der Waals surface area contributed by atoms with Gasteiger partial charge in [-0.15, -0.1) is 0 Å². The third-order valence-electron chi connectivity index (χ3n) is 1.89. The molecule has 0 spiro atoms. The molecule has 1 aliphatic heterocycles. The van der Waals surface area contributed by atoms with Gasteiger partial charge in [0.15, 0.2) is 0 Å². The Kier molecular flexibility index (Phi) is 3.85. The van der Waals surface area contributed by atoms with Gasteiger partial charge in [-0.3, -0.25) is 14.9 Å². The van der Waals surface area contributed by atoms with E-state index in [0.717, 1.165) is 0 Å². The molecule has 0 N–H and O–H groups in total. The van der Waals surface area contributed by atoms with Crippen molar-refractivity contribution in [2.45, 2.75) is 18.4 Å². The maximum atomic E-state index is 11.5. The van der Waals surface area contributed by atoms with Crippen molar-refractivity contribution >= 4 is 5.69 Å². The predicted octanol–water partition coefficient (Wildman–Crippen LogP) is 3.14. The van der Waals surface area contributed by atoms with Crippen molar-refractivity contribution in [1.29, 1.82) is 0 Å². The Hall–Kier alpha value is -1.77. The van der Waals surface area contributed by atoms with Crippen LogP contribution in [0.3, 0.4) is 0 Å². The van der Waals surface area contributed by atoms with E-state index in [9.17, 15) is 32.1 Å². The summed E-state index contributed by atoms with van der Waals surface area (Å²) >= 11 is 0. The number of hydrogen-bond acceptors (Lipinski definition) is 3. The zero-order valence-corrected chi connectivity index (χ0v) is 8.53. The molecule has 100 valence electrons. The fraction of sp³-hybridized carbons (Fsp3) is 0.333. The number of alkyl halides is 5. The van der Waals surface area contributed by atoms with Gasteiger partial charge in [0.1, 0.15) is 0 Å². The molecule has 0 aromatic heterocycles. The van der Waals surface area contributed by atoms with E-state index in [0.29, 0.717) is 0 Å². The number of non-ortho nitro benzene ring substituents is 1. The van der Waals surface area contributed by atoms with Crippen LogP contribution in [0.5, 0.6) is 0 Å². The molecule has 1 atom stereocenters. The lowest BCUT2D eigenvalue weighted by atomic mass is 10.2. The van der Waals surface area contributed by atoms with E-state index in [1.54, 1.807) is 18.2 Å². The largest absolute Gasteiger partial charge is 0.427 e. The fourth-order valence-electron chi connectivity index (χ4n) is 0.906. The van der Waals surface area contributed by atoms with Crippen LogP contribution in [0.4, 0.5) is 27.6 Å². The number of nitro benzene ring substituents is 1. The molecule has 0 bridgehead atoms. The number of ether oxygens (including phenoxy) is 1. The summed E-state index contributed by atoms with van der Waals surface area (Å²) in [6, 6.07) is 7.93. The standard InChI is InChI=1S/C6H5NO2.C3HF5O/c8-7(9)6-4-2-1-3-5-6;4-1-2(5,6)3(7,8)9-1/h1-5H;1H. The van der Waals surface area contributed by atoms with Gasteiger partial charge < -0.3 is 0 Å². The topological polar surface area (TPSA) is 52.4 Å². The second kappa shape index (κ2) is 4.84. The Labute approximate surface area is 97.1 Å². The van der Waals surface area contributed by atoms with Crippen LogP contribution in [0.15, 0.2) is 30.3 Å². The molecule has 1 saturated heterocycles. The second-order valence-corrected chi connectivity index (χ2v) is 3.17. The minimum absolute atomic E-state index is 0.137. The van der Waals surface area contributed by atoms with E-state index in [1.807, 2.05) is 0 Å². The second-order valence-electron chi connectivity index (χ2n) is 3.17. The van der Waals surface area contributed by atoms with Crippen LogP contribution in [-0.4, -0.2) is 23.3 Å². The highest BCUT2D eigenvalue weighted by Crippen LogP contribution is 2.49. The van der Waals surface area contributed by atoms with Crippen molar-refractivity contribution in [1.82, 2.24) is 0 Å². The first-order chi connectivity index (χ1) is 8.18. The summed E-state index contributed by atoms with van der Waals surface area (Å²) in [4.78, 5) is 9.59. The fourth-order valence-corrected chi connectivity index (χ4v) is 0.906. The summed E-state index contributed by atoms with van der Waals surface area (Å²) in [5.41, 5.74) is 0.137. The number of halogens is 5. The van der Waals surface area contributed by atoms with E-state index >= 15 is 0 Å². The molecule has 1 aromatic carbocycles. The Balaban J connectivity index is 0.000000180. The monoisotopic (exact) mass is 271 g/mol. The average molecular weight is 271 g/mol. The van der Waals surface area contributed by atoms with Crippen LogP contribution in [0.2, 0.25) is 0 Å². The van der Waals surface area contributed by atoms with Gasteiger partial charge >= 0.3 is 12.0 Å². The van der Waals surface area contributed by atoms with Crippen molar-refractivity contribution in [3.8, 4) is 0 Å². The summed E-state index contributed by atoms with van der Waals surface area (Å²) in [5, 5.41) is 10.0. The molecular formula is C9H6F5NO3. The lowest BCUT2D eigenvalue weighted by Gasteiger charge is -2.37. The van der Waals surface area contributed by atoms with Gasteiger partial charge in [-0.05, 0) is 0 Å². The van der Waals surface area contributed by atoms with Crippen LogP contribution in [0, 0.1) is 10.1 Å². The molecule has 1 aromatic rings. The molecule has 18 heavy (non-hydrogen) atoms. The normalized spacial score (nSPS) is 23.3. The molecule has 1 heterocycles. The maximum absolute atomic E-state index is 11.5. The summed E-state index contributed by atoms with van der Waals surface area (Å²) in [6.45, 7) is 0. The summed E-state index contributed by atoms with van der Waals surface area (Å²) in [7, 11) is 0. The highest BCUT2D eigenvalue weighted by Gasteiger charge is 2.75. The van der Waals surface area contributed by atoms with Crippen molar-refractivity contribution in [2.24, 2.45) is 0 Å². The van der Waals surface area contributed by atoms with Crippen molar-refractivity contribution in [3.63, 3.8) is 0 Å². The molecule has 1 fully saturated rings. The van der Waals surface area contributed by atoms with E-state index in [1.165, 1.54) is 12.1 Å². The number of para-hydroxylation sites is 1. The predicted molar refractivity (Wildman–Crippen MR) is 49.0 cm³/mol. The minimum atomic E-state index is -4.65. The lowest BCUT2D eigenvalue weighted by Crippen LogP contribution is -2.62. The molecule has 0 amide bonds. The average Bonchev–Trinajstić information content (AvgIpc) is 2.30. The van der Waals surface area contributed by atoms with Gasteiger partial charge in [-0.2, -0.15) is 17.6 Å². The third kappa shape index (κ3) is 2.73. The van der Waals surface area contributed by atoms with E-state index in [2.05, 4.69) is 4.74 Å². The van der Waals surface area contributed by atoms with E-state index in [4.69, 9.17) is 0 Å². The molecule has 9 heteroatoms. The molecular weight excluding hydrogens is 265 g/mol. The minimum Gasteiger partial charge on any atom is -0.274 e. The number of benzene rings is 1. The van der Waals surface area contributed by atoms with Crippen LogP contribution >= 0.6 is 0 Å². The molecule has 4 nitrogen and oxygen atoms in total. The first-order valence-corrected chi connectivity index (χ1v) is 4.45. The molecule has 0 saturated carbocycles. The summed E-state index contributed by atoms with van der Waals surface area (Å²) in [6.07, 6.45) is -7.78. The smallest absolute Gasteiger partial charge is 0.274 e. The highest BCUT2D eigenvalue weighted by molar-refractivity contribution is 5.27. The molecule has 1 aliphatic rings.